The van der Waals surface area contributed by atoms with Gasteiger partial charge in [0.2, 0.25) is 23.6 Å². The number of rotatable bonds is 26. The molecule has 0 atom stereocenters. The lowest BCUT2D eigenvalue weighted by molar-refractivity contribution is -0.199. The standard InChI is InChI=1S/C28H28N6O14.C20H22N4O10/c35-17-1-2-18(36)29(17)13-9-21(39)31(15-11-27(45)47-33-23(41)5-6-24(33)42)32(22(40)10-14-30-19(37)3-4-20(30)38)16-12-28(46)48-34-25(43)7-8-26(34)44;25-13-1-2-14(26)21(13)9-5-17(29)23(11-7-19(31)32)24(12-8-20(33)34)18(30)6-10-22-15(27)3-4-16(22)28/h1-4H,5-16H2;1-4H,5-12H2,(H,31,32)(H,33,34). The number of hydrogen-bond donors (Lipinski definition) is 2. The number of hydrazine groups is 2. The highest BCUT2D eigenvalue weighted by molar-refractivity contribution is 6.15. The van der Waals surface area contributed by atoms with E-state index in [9.17, 15) is 95.9 Å². The van der Waals surface area contributed by atoms with E-state index in [1.165, 1.54) is 0 Å². The summed E-state index contributed by atoms with van der Waals surface area (Å²) < 4.78 is 0. The van der Waals surface area contributed by atoms with Crippen LogP contribution in [-0.4, -0.2) is 231 Å². The Bertz CT molecular complexity index is 2630. The zero-order valence-corrected chi connectivity index (χ0v) is 43.1. The molecule has 0 radical (unpaired) electrons. The molecule has 0 saturated carbocycles. The van der Waals surface area contributed by atoms with Gasteiger partial charge in [-0.15, -0.1) is 10.1 Å². The van der Waals surface area contributed by atoms with Gasteiger partial charge in [0.25, 0.3) is 70.9 Å². The van der Waals surface area contributed by atoms with Crippen LogP contribution in [0.2, 0.25) is 0 Å². The molecule has 6 rings (SSSR count). The number of hydroxylamine groups is 4. The molecule has 0 aromatic carbocycles. The zero-order chi connectivity index (χ0) is 60.5. The number of carboxylic acid groups (broad SMARTS) is 2. The summed E-state index contributed by atoms with van der Waals surface area (Å²) in [7, 11) is 0. The minimum atomic E-state index is -1.29. The minimum Gasteiger partial charge on any atom is -0.481 e. The molecule has 2 saturated heterocycles. The monoisotopic (exact) mass is 1150 g/mol. The molecule has 6 heterocycles. The SMILES string of the molecule is O=C(CCN(C(=O)CCN1C(=O)C=CC1=O)N(CCC(=O)ON1C(=O)CCC1=O)C(=O)CCN1C(=O)C=CC1=O)ON1C(=O)CCC1=O.O=C(O)CCN(C(=O)CCN1C(=O)C=CC1=O)N(CCC(=O)O)C(=O)CCN1C(=O)C=CC1=O. The quantitative estimate of drug-likeness (QED) is 0.0607. The van der Waals surface area contributed by atoms with Crippen LogP contribution in [0.1, 0.15) is 77.0 Å². The first kappa shape index (κ1) is 62.4. The number of hydrogen-bond acceptors (Lipinski definition) is 22. The van der Waals surface area contributed by atoms with E-state index in [0.29, 0.717) is 10.0 Å². The average molecular weight is 1150 g/mol. The molecule has 0 unspecified atom stereocenters. The van der Waals surface area contributed by atoms with Gasteiger partial charge < -0.3 is 19.9 Å². The number of carboxylic acids is 2. The molecule has 0 aliphatic carbocycles. The van der Waals surface area contributed by atoms with Gasteiger partial charge in [-0.05, 0) is 0 Å². The van der Waals surface area contributed by atoms with Crippen LogP contribution in [0, 0.1) is 0 Å². The lowest BCUT2D eigenvalue weighted by Gasteiger charge is -2.35. The Morgan fingerprint density at radius 2 is 0.524 bits per heavy atom. The molecule has 16 amide bonds. The second kappa shape index (κ2) is 28.4. The maximum Gasteiger partial charge on any atom is 0.335 e. The van der Waals surface area contributed by atoms with E-state index < -0.39 is 209 Å². The number of nitrogens with zero attached hydrogens (tertiary/aromatic N) is 10. The predicted octanol–water partition coefficient (Wildman–Crippen LogP) is -4.68. The summed E-state index contributed by atoms with van der Waals surface area (Å²) in [6.45, 7) is -3.90. The van der Waals surface area contributed by atoms with E-state index in [2.05, 4.69) is 0 Å². The van der Waals surface area contributed by atoms with E-state index in [1.807, 2.05) is 0 Å². The van der Waals surface area contributed by atoms with Gasteiger partial charge in [-0.3, -0.25) is 126 Å². The van der Waals surface area contributed by atoms with Crippen LogP contribution in [0.4, 0.5) is 0 Å². The predicted molar refractivity (Wildman–Crippen MR) is 257 cm³/mol. The van der Waals surface area contributed by atoms with Gasteiger partial charge in [-0.25, -0.2) is 9.59 Å². The van der Waals surface area contributed by atoms with Crippen molar-refractivity contribution in [2.45, 2.75) is 77.0 Å². The molecule has 0 aromatic rings. The van der Waals surface area contributed by atoms with Crippen LogP contribution in [0.25, 0.3) is 0 Å². The first-order chi connectivity index (χ1) is 38.8. The van der Waals surface area contributed by atoms with Gasteiger partial charge in [-0.1, -0.05) is 0 Å². The van der Waals surface area contributed by atoms with E-state index in [4.69, 9.17) is 19.9 Å². The van der Waals surface area contributed by atoms with Crippen molar-refractivity contribution in [3.63, 3.8) is 0 Å². The number of aliphatic carboxylic acids is 2. The summed E-state index contributed by atoms with van der Waals surface area (Å²) in [6.07, 6.45) is 2.55. The van der Waals surface area contributed by atoms with Crippen LogP contribution in [0.15, 0.2) is 48.6 Å². The van der Waals surface area contributed by atoms with Crippen LogP contribution in [0.5, 0.6) is 0 Å². The highest BCUT2D eigenvalue weighted by atomic mass is 16.7. The fourth-order valence-corrected chi connectivity index (χ4v) is 7.88. The number of amides is 16. The number of carbonyl (C=O) groups is 20. The molecule has 34 heteroatoms. The van der Waals surface area contributed by atoms with E-state index in [-0.39, 0.29) is 48.9 Å². The minimum absolute atomic E-state index is 0.190. The Morgan fingerprint density at radius 3 is 0.720 bits per heavy atom. The Balaban J connectivity index is 0.000000320. The Kier molecular flexibility index (Phi) is 21.6. The number of imide groups is 6. The summed E-state index contributed by atoms with van der Waals surface area (Å²) in [4.78, 5) is 255. The van der Waals surface area contributed by atoms with E-state index in [1.54, 1.807) is 0 Å². The second-order valence-corrected chi connectivity index (χ2v) is 17.6. The lowest BCUT2D eigenvalue weighted by Crippen LogP contribution is -2.53. The Labute approximate surface area is 461 Å². The van der Waals surface area contributed by atoms with Gasteiger partial charge >= 0.3 is 23.9 Å². The first-order valence-corrected chi connectivity index (χ1v) is 24.7. The van der Waals surface area contributed by atoms with Gasteiger partial charge in [-0.2, -0.15) is 0 Å². The molecular weight excluding hydrogens is 1100 g/mol. The summed E-state index contributed by atoms with van der Waals surface area (Å²) >= 11 is 0. The van der Waals surface area contributed by atoms with E-state index >= 15 is 0 Å². The van der Waals surface area contributed by atoms with Crippen molar-refractivity contribution in [1.29, 1.82) is 0 Å². The zero-order valence-electron chi connectivity index (χ0n) is 43.1. The van der Waals surface area contributed by atoms with E-state index in [0.717, 1.165) is 78.2 Å². The third kappa shape index (κ3) is 16.8. The van der Waals surface area contributed by atoms with Crippen molar-refractivity contribution in [2.24, 2.45) is 0 Å². The van der Waals surface area contributed by atoms with Crippen LogP contribution in [0.3, 0.4) is 0 Å². The highest BCUT2D eigenvalue weighted by Crippen LogP contribution is 2.18. The molecule has 82 heavy (non-hydrogen) atoms. The van der Waals surface area contributed by atoms with Crippen molar-refractivity contribution in [3.8, 4) is 0 Å². The van der Waals surface area contributed by atoms with Crippen LogP contribution in [-0.2, 0) is 106 Å². The number of carbonyl (C=O) groups excluding carboxylic acids is 18. The lowest BCUT2D eigenvalue weighted by atomic mass is 10.3. The molecule has 436 valence electrons. The molecule has 6 aliphatic heterocycles. The largest absolute Gasteiger partial charge is 0.481 e. The molecule has 34 nitrogen and oxygen atoms in total. The molecule has 2 fully saturated rings. The molecule has 0 aromatic heterocycles. The van der Waals surface area contributed by atoms with Crippen molar-refractivity contribution in [2.75, 3.05) is 52.4 Å². The fourth-order valence-electron chi connectivity index (χ4n) is 7.88. The van der Waals surface area contributed by atoms with Crippen molar-refractivity contribution in [3.05, 3.63) is 48.6 Å². The van der Waals surface area contributed by atoms with Crippen molar-refractivity contribution >= 4 is 118 Å². The molecular formula is C48H50N10O24. The maximum atomic E-state index is 13.5. The molecule has 6 aliphatic rings. The topological polar surface area (TPSA) is 433 Å². The summed E-state index contributed by atoms with van der Waals surface area (Å²) in [5, 5.41) is 21.5. The normalized spacial score (nSPS) is 16.3. The highest BCUT2D eigenvalue weighted by Gasteiger charge is 2.38. The molecule has 0 spiro atoms. The van der Waals surface area contributed by atoms with Gasteiger partial charge in [0.05, 0.1) is 51.9 Å². The summed E-state index contributed by atoms with van der Waals surface area (Å²) in [5.41, 5.74) is 0. The third-order valence-corrected chi connectivity index (χ3v) is 12.1. The van der Waals surface area contributed by atoms with Crippen molar-refractivity contribution in [1.82, 2.24) is 49.8 Å². The van der Waals surface area contributed by atoms with Crippen molar-refractivity contribution < 1.29 is 116 Å². The average Bonchev–Trinajstić information content (AvgIpc) is 4.41. The van der Waals surface area contributed by atoms with Gasteiger partial charge in [0, 0.05) is 126 Å². The second-order valence-electron chi connectivity index (χ2n) is 17.6. The molecule has 2 N–H and O–H groups in total. The smallest absolute Gasteiger partial charge is 0.335 e. The Hall–Kier alpha value is -10.4. The summed E-state index contributed by atoms with van der Waals surface area (Å²) in [6, 6.07) is 0. The summed E-state index contributed by atoms with van der Waals surface area (Å²) in [5.74, 6) is -17.0. The fraction of sp³-hybridized carbons (Fsp3) is 0.417. The van der Waals surface area contributed by atoms with Crippen LogP contribution < -0.4 is 0 Å². The first-order valence-electron chi connectivity index (χ1n) is 24.7. The van der Waals surface area contributed by atoms with Gasteiger partial charge in [0.15, 0.2) is 0 Å². The Morgan fingerprint density at radius 1 is 0.329 bits per heavy atom. The third-order valence-electron chi connectivity index (χ3n) is 12.1. The van der Waals surface area contributed by atoms with Crippen LogP contribution >= 0.6 is 0 Å². The maximum absolute atomic E-state index is 13.5. The molecule has 0 bridgehead atoms. The van der Waals surface area contributed by atoms with Gasteiger partial charge in [0.1, 0.15) is 0 Å².